The molecule has 1 aliphatic rings. The number of aliphatic hydroxyl groups excluding tert-OH is 1. The van der Waals surface area contributed by atoms with Gasteiger partial charge < -0.3 is 10.4 Å². The van der Waals surface area contributed by atoms with Crippen molar-refractivity contribution >= 4 is 15.5 Å². The van der Waals surface area contributed by atoms with Crippen molar-refractivity contribution < 1.29 is 13.5 Å². The first-order valence-corrected chi connectivity index (χ1v) is 6.60. The molecule has 88 valence electrons. The molecule has 0 saturated carbocycles. The summed E-state index contributed by atoms with van der Waals surface area (Å²) in [7, 11) is -3.39. The molecule has 0 fully saturated rings. The summed E-state index contributed by atoms with van der Waals surface area (Å²) in [6, 6.07) is 5.10. The maximum atomic E-state index is 12.4. The van der Waals surface area contributed by atoms with Crippen LogP contribution in [-0.4, -0.2) is 24.8 Å². The van der Waals surface area contributed by atoms with E-state index < -0.39 is 14.6 Å². The highest BCUT2D eigenvalue weighted by molar-refractivity contribution is 7.93. The Kier molecular flexibility index (Phi) is 2.47. The SMILES string of the molecule is CC1(C)CNc2cccc(CO)c2S1(=O)=O. The Labute approximate surface area is 95.2 Å². The van der Waals surface area contributed by atoms with E-state index in [0.29, 0.717) is 17.8 Å². The fraction of sp³-hybridized carbons (Fsp3) is 0.455. The van der Waals surface area contributed by atoms with Gasteiger partial charge in [-0.05, 0) is 25.5 Å². The minimum atomic E-state index is -3.39. The van der Waals surface area contributed by atoms with Gasteiger partial charge in [0.2, 0.25) is 0 Å². The van der Waals surface area contributed by atoms with Crippen LogP contribution in [0.2, 0.25) is 0 Å². The molecule has 0 radical (unpaired) electrons. The van der Waals surface area contributed by atoms with Gasteiger partial charge in [0.15, 0.2) is 9.84 Å². The van der Waals surface area contributed by atoms with Gasteiger partial charge in [-0.1, -0.05) is 12.1 Å². The maximum absolute atomic E-state index is 12.4. The fourth-order valence-corrected chi connectivity index (χ4v) is 3.57. The molecule has 0 aromatic heterocycles. The summed E-state index contributed by atoms with van der Waals surface area (Å²) in [6.45, 7) is 3.50. The second-order valence-electron chi connectivity index (χ2n) is 4.57. The Bertz CT molecular complexity index is 506. The zero-order chi connectivity index (χ0) is 12.0. The number of anilines is 1. The topological polar surface area (TPSA) is 66.4 Å². The number of benzene rings is 1. The molecule has 2 rings (SSSR count). The predicted octanol–water partition coefficient (Wildman–Crippen LogP) is 1.16. The number of sulfone groups is 1. The van der Waals surface area contributed by atoms with Gasteiger partial charge in [0.25, 0.3) is 0 Å². The number of fused-ring (bicyclic) bond motifs is 1. The summed E-state index contributed by atoms with van der Waals surface area (Å²) in [5.41, 5.74) is 1.05. The van der Waals surface area contributed by atoms with E-state index in [2.05, 4.69) is 5.32 Å². The van der Waals surface area contributed by atoms with E-state index in [0.717, 1.165) is 0 Å². The Morgan fingerprint density at radius 3 is 2.75 bits per heavy atom. The monoisotopic (exact) mass is 241 g/mol. The lowest BCUT2D eigenvalue weighted by Crippen LogP contribution is -2.43. The molecule has 0 atom stereocenters. The largest absolute Gasteiger partial charge is 0.392 e. The summed E-state index contributed by atoms with van der Waals surface area (Å²) in [5, 5.41) is 12.3. The van der Waals surface area contributed by atoms with Crippen LogP contribution in [-0.2, 0) is 16.4 Å². The third kappa shape index (κ3) is 1.43. The molecule has 5 heteroatoms. The number of rotatable bonds is 1. The van der Waals surface area contributed by atoms with Crippen LogP contribution in [0.3, 0.4) is 0 Å². The summed E-state index contributed by atoms with van der Waals surface area (Å²) in [5.74, 6) is 0. The van der Waals surface area contributed by atoms with Gasteiger partial charge in [0, 0.05) is 6.54 Å². The third-order valence-electron chi connectivity index (χ3n) is 2.97. The van der Waals surface area contributed by atoms with Gasteiger partial charge in [-0.15, -0.1) is 0 Å². The quantitative estimate of drug-likeness (QED) is 0.774. The minimum Gasteiger partial charge on any atom is -0.392 e. The molecule has 0 unspecified atom stereocenters. The fourth-order valence-electron chi connectivity index (χ4n) is 1.85. The Morgan fingerprint density at radius 1 is 1.44 bits per heavy atom. The lowest BCUT2D eigenvalue weighted by molar-refractivity contribution is 0.278. The van der Waals surface area contributed by atoms with Crippen LogP contribution in [0, 0.1) is 0 Å². The molecule has 0 spiro atoms. The second-order valence-corrected chi connectivity index (χ2v) is 7.09. The van der Waals surface area contributed by atoms with Crippen molar-refractivity contribution in [1.82, 2.24) is 0 Å². The van der Waals surface area contributed by atoms with Gasteiger partial charge in [-0.3, -0.25) is 0 Å². The van der Waals surface area contributed by atoms with E-state index in [4.69, 9.17) is 0 Å². The molecular formula is C11H15NO3S. The molecule has 1 heterocycles. The molecule has 1 aromatic rings. The van der Waals surface area contributed by atoms with Gasteiger partial charge in [0.05, 0.1) is 21.9 Å². The normalized spacial score (nSPS) is 20.9. The van der Waals surface area contributed by atoms with Gasteiger partial charge in [-0.2, -0.15) is 0 Å². The van der Waals surface area contributed by atoms with Gasteiger partial charge in [0.1, 0.15) is 0 Å². The molecule has 1 aliphatic heterocycles. The highest BCUT2D eigenvalue weighted by atomic mass is 32.2. The third-order valence-corrected chi connectivity index (χ3v) is 5.59. The van der Waals surface area contributed by atoms with Crippen molar-refractivity contribution in [3.63, 3.8) is 0 Å². The Morgan fingerprint density at radius 2 is 2.12 bits per heavy atom. The van der Waals surface area contributed by atoms with E-state index in [1.54, 1.807) is 32.0 Å². The number of hydrogen-bond acceptors (Lipinski definition) is 4. The second kappa shape index (κ2) is 3.46. The molecule has 4 nitrogen and oxygen atoms in total. The van der Waals surface area contributed by atoms with Crippen molar-refractivity contribution in [2.24, 2.45) is 0 Å². The van der Waals surface area contributed by atoms with E-state index in [1.807, 2.05) is 0 Å². The first-order chi connectivity index (χ1) is 7.40. The lowest BCUT2D eigenvalue weighted by atomic mass is 10.1. The van der Waals surface area contributed by atoms with Crippen molar-refractivity contribution in [1.29, 1.82) is 0 Å². The first-order valence-electron chi connectivity index (χ1n) is 5.11. The molecule has 2 N–H and O–H groups in total. The standard InChI is InChI=1S/C11H15NO3S/c1-11(2)7-12-9-5-3-4-8(6-13)10(9)16(11,14)15/h3-5,12-13H,6-7H2,1-2H3. The van der Waals surface area contributed by atoms with Crippen LogP contribution in [0.1, 0.15) is 19.4 Å². The molecule has 0 saturated heterocycles. The van der Waals surface area contributed by atoms with Crippen LogP contribution < -0.4 is 5.32 Å². The van der Waals surface area contributed by atoms with Crippen molar-refractivity contribution in [2.75, 3.05) is 11.9 Å². The summed E-state index contributed by atoms with van der Waals surface area (Å²) < 4.78 is 23.9. The van der Waals surface area contributed by atoms with E-state index in [-0.39, 0.29) is 11.5 Å². The smallest absolute Gasteiger partial charge is 0.187 e. The Hall–Kier alpha value is -1.07. The zero-order valence-corrected chi connectivity index (χ0v) is 10.1. The highest BCUT2D eigenvalue weighted by Gasteiger charge is 2.41. The first kappa shape index (κ1) is 11.4. The van der Waals surface area contributed by atoms with Crippen LogP contribution in [0.5, 0.6) is 0 Å². The van der Waals surface area contributed by atoms with Crippen LogP contribution >= 0.6 is 0 Å². The van der Waals surface area contributed by atoms with Gasteiger partial charge >= 0.3 is 0 Å². The predicted molar refractivity (Wildman–Crippen MR) is 62.1 cm³/mol. The minimum absolute atomic E-state index is 0.244. The average molecular weight is 241 g/mol. The summed E-state index contributed by atoms with van der Waals surface area (Å²) in [4.78, 5) is 0.244. The van der Waals surface area contributed by atoms with Crippen LogP contribution in [0.4, 0.5) is 5.69 Å². The van der Waals surface area contributed by atoms with Crippen molar-refractivity contribution in [3.8, 4) is 0 Å². The lowest BCUT2D eigenvalue weighted by Gasteiger charge is -2.33. The van der Waals surface area contributed by atoms with E-state index in [9.17, 15) is 13.5 Å². The van der Waals surface area contributed by atoms with Crippen molar-refractivity contribution in [2.45, 2.75) is 30.1 Å². The molecular weight excluding hydrogens is 226 g/mol. The van der Waals surface area contributed by atoms with Crippen LogP contribution in [0.25, 0.3) is 0 Å². The Balaban J connectivity index is 2.76. The summed E-state index contributed by atoms with van der Waals surface area (Å²) in [6.07, 6.45) is 0. The average Bonchev–Trinajstić information content (AvgIpc) is 2.23. The molecule has 0 aliphatic carbocycles. The molecule has 16 heavy (non-hydrogen) atoms. The van der Waals surface area contributed by atoms with E-state index in [1.165, 1.54) is 0 Å². The van der Waals surface area contributed by atoms with Gasteiger partial charge in [-0.25, -0.2) is 8.42 Å². The van der Waals surface area contributed by atoms with E-state index >= 15 is 0 Å². The highest BCUT2D eigenvalue weighted by Crippen LogP contribution is 2.37. The molecule has 0 bridgehead atoms. The summed E-state index contributed by atoms with van der Waals surface area (Å²) >= 11 is 0. The molecule has 1 aromatic carbocycles. The number of aliphatic hydroxyl groups is 1. The van der Waals surface area contributed by atoms with Crippen LogP contribution in [0.15, 0.2) is 23.1 Å². The maximum Gasteiger partial charge on any atom is 0.187 e. The number of nitrogens with one attached hydrogen (secondary N) is 1. The molecule has 0 amide bonds. The zero-order valence-electron chi connectivity index (χ0n) is 9.32. The van der Waals surface area contributed by atoms with Crippen molar-refractivity contribution in [3.05, 3.63) is 23.8 Å². The number of hydrogen-bond donors (Lipinski definition) is 2.